The first kappa shape index (κ1) is 20.2. The molecule has 3 amide bonds. The largest absolute Gasteiger partial charge is 0.385 e. The predicted molar refractivity (Wildman–Crippen MR) is 102 cm³/mol. The lowest BCUT2D eigenvalue weighted by molar-refractivity contribution is 0.0948. The average molecular weight is 361 g/mol. The SMILES string of the molecule is COCCCNC(=O)c1cccc([C@@H]2CCCN(C(=O)NC(C)C)C2)c1. The summed E-state index contributed by atoms with van der Waals surface area (Å²) < 4.78 is 4.99. The molecule has 0 spiro atoms. The first-order valence-corrected chi connectivity index (χ1v) is 9.43. The molecule has 1 aromatic carbocycles. The van der Waals surface area contributed by atoms with Crippen molar-refractivity contribution < 1.29 is 14.3 Å². The van der Waals surface area contributed by atoms with Gasteiger partial charge in [0, 0.05) is 50.9 Å². The number of carbonyl (C=O) groups excluding carboxylic acids is 2. The van der Waals surface area contributed by atoms with Gasteiger partial charge in [-0.05, 0) is 50.8 Å². The quantitative estimate of drug-likeness (QED) is 0.734. The molecule has 1 atom stereocenters. The van der Waals surface area contributed by atoms with Crippen molar-refractivity contribution in [3.63, 3.8) is 0 Å². The highest BCUT2D eigenvalue weighted by molar-refractivity contribution is 5.94. The molecule has 6 heteroatoms. The van der Waals surface area contributed by atoms with Gasteiger partial charge in [-0.1, -0.05) is 12.1 Å². The third kappa shape index (κ3) is 6.02. The van der Waals surface area contributed by atoms with E-state index in [4.69, 9.17) is 4.74 Å². The number of urea groups is 1. The molecule has 0 aromatic heterocycles. The van der Waals surface area contributed by atoms with E-state index >= 15 is 0 Å². The van der Waals surface area contributed by atoms with E-state index in [1.54, 1.807) is 7.11 Å². The van der Waals surface area contributed by atoms with Crippen LogP contribution in [0.2, 0.25) is 0 Å². The Morgan fingerprint density at radius 2 is 2.15 bits per heavy atom. The summed E-state index contributed by atoms with van der Waals surface area (Å²) in [6.45, 7) is 6.65. The van der Waals surface area contributed by atoms with Crippen molar-refractivity contribution in [1.82, 2.24) is 15.5 Å². The van der Waals surface area contributed by atoms with Crippen LogP contribution in [0.5, 0.6) is 0 Å². The fourth-order valence-electron chi connectivity index (χ4n) is 3.23. The highest BCUT2D eigenvalue weighted by Crippen LogP contribution is 2.27. The number of rotatable bonds is 7. The highest BCUT2D eigenvalue weighted by atomic mass is 16.5. The van der Waals surface area contributed by atoms with Crippen LogP contribution in [0.1, 0.15) is 54.9 Å². The second kappa shape index (κ2) is 10.2. The summed E-state index contributed by atoms with van der Waals surface area (Å²) in [5.41, 5.74) is 1.79. The molecule has 1 aliphatic rings. The molecule has 0 saturated carbocycles. The Morgan fingerprint density at radius 1 is 1.35 bits per heavy atom. The van der Waals surface area contributed by atoms with Crippen LogP contribution in [0.3, 0.4) is 0 Å². The van der Waals surface area contributed by atoms with Gasteiger partial charge in [0.05, 0.1) is 0 Å². The van der Waals surface area contributed by atoms with E-state index in [1.165, 1.54) is 0 Å². The zero-order chi connectivity index (χ0) is 18.9. The number of nitrogens with zero attached hydrogens (tertiary/aromatic N) is 1. The van der Waals surface area contributed by atoms with Gasteiger partial charge in [-0.15, -0.1) is 0 Å². The first-order valence-electron chi connectivity index (χ1n) is 9.43. The molecule has 26 heavy (non-hydrogen) atoms. The maximum atomic E-state index is 12.3. The van der Waals surface area contributed by atoms with Crippen molar-refractivity contribution in [1.29, 1.82) is 0 Å². The topological polar surface area (TPSA) is 70.7 Å². The average Bonchev–Trinajstić information content (AvgIpc) is 2.65. The molecule has 6 nitrogen and oxygen atoms in total. The fraction of sp³-hybridized carbons (Fsp3) is 0.600. The number of amides is 3. The third-order valence-corrected chi connectivity index (χ3v) is 4.55. The molecule has 1 fully saturated rings. The Kier molecular flexibility index (Phi) is 7.91. The molecule has 0 bridgehead atoms. The summed E-state index contributed by atoms with van der Waals surface area (Å²) in [5.74, 6) is 0.205. The Morgan fingerprint density at radius 3 is 2.88 bits per heavy atom. The van der Waals surface area contributed by atoms with Crippen LogP contribution in [-0.2, 0) is 4.74 Å². The summed E-state index contributed by atoms with van der Waals surface area (Å²) in [7, 11) is 1.65. The maximum Gasteiger partial charge on any atom is 0.317 e. The van der Waals surface area contributed by atoms with E-state index in [0.29, 0.717) is 25.3 Å². The molecule has 144 valence electrons. The van der Waals surface area contributed by atoms with Gasteiger partial charge in [0.25, 0.3) is 5.91 Å². The van der Waals surface area contributed by atoms with E-state index in [0.717, 1.165) is 31.4 Å². The van der Waals surface area contributed by atoms with Gasteiger partial charge in [-0.3, -0.25) is 4.79 Å². The zero-order valence-corrected chi connectivity index (χ0v) is 16.1. The summed E-state index contributed by atoms with van der Waals surface area (Å²) >= 11 is 0. The molecule has 1 heterocycles. The number of methoxy groups -OCH3 is 1. The second-order valence-electron chi connectivity index (χ2n) is 7.12. The van der Waals surface area contributed by atoms with Crippen molar-refractivity contribution in [2.45, 2.75) is 45.1 Å². The fourth-order valence-corrected chi connectivity index (χ4v) is 3.23. The number of hydrogen-bond acceptors (Lipinski definition) is 3. The Balaban J connectivity index is 1.97. The lowest BCUT2D eigenvalue weighted by Gasteiger charge is -2.33. The second-order valence-corrected chi connectivity index (χ2v) is 7.12. The third-order valence-electron chi connectivity index (χ3n) is 4.55. The van der Waals surface area contributed by atoms with Gasteiger partial charge < -0.3 is 20.3 Å². The molecule has 2 N–H and O–H groups in total. The molecule has 2 rings (SSSR count). The van der Waals surface area contributed by atoms with E-state index in [9.17, 15) is 9.59 Å². The Hall–Kier alpha value is -2.08. The summed E-state index contributed by atoms with van der Waals surface area (Å²) in [5, 5.41) is 5.88. The van der Waals surface area contributed by atoms with Crippen molar-refractivity contribution in [2.24, 2.45) is 0 Å². The number of piperidine rings is 1. The summed E-state index contributed by atoms with van der Waals surface area (Å²) in [6.07, 6.45) is 2.80. The summed E-state index contributed by atoms with van der Waals surface area (Å²) in [4.78, 5) is 26.5. The number of likely N-dealkylation sites (tertiary alicyclic amines) is 1. The van der Waals surface area contributed by atoms with Crippen molar-refractivity contribution in [3.05, 3.63) is 35.4 Å². The smallest absolute Gasteiger partial charge is 0.317 e. The van der Waals surface area contributed by atoms with Crippen LogP contribution in [0.25, 0.3) is 0 Å². The van der Waals surface area contributed by atoms with Crippen LogP contribution >= 0.6 is 0 Å². The normalized spacial score (nSPS) is 17.2. The van der Waals surface area contributed by atoms with Crippen molar-refractivity contribution in [3.8, 4) is 0 Å². The van der Waals surface area contributed by atoms with Gasteiger partial charge in [0.1, 0.15) is 0 Å². The van der Waals surface area contributed by atoms with Gasteiger partial charge in [0.15, 0.2) is 0 Å². The highest BCUT2D eigenvalue weighted by Gasteiger charge is 2.25. The monoisotopic (exact) mass is 361 g/mol. The number of benzene rings is 1. The van der Waals surface area contributed by atoms with Gasteiger partial charge in [-0.2, -0.15) is 0 Å². The van der Waals surface area contributed by atoms with Gasteiger partial charge in [0.2, 0.25) is 0 Å². The standard InChI is InChI=1S/C20H31N3O3/c1-15(2)22-20(25)23-11-5-9-18(14-23)16-7-4-8-17(13-16)19(24)21-10-6-12-26-3/h4,7-8,13,15,18H,5-6,9-12,14H2,1-3H3,(H,21,24)(H,22,25)/t18-/m1/s1. The summed E-state index contributed by atoms with van der Waals surface area (Å²) in [6, 6.07) is 7.90. The molecule has 0 aliphatic carbocycles. The predicted octanol–water partition coefficient (Wildman–Crippen LogP) is 2.75. The molecular formula is C20H31N3O3. The minimum atomic E-state index is -0.0619. The van der Waals surface area contributed by atoms with Crippen molar-refractivity contribution in [2.75, 3.05) is 33.4 Å². The minimum absolute atomic E-state index is 0.00302. The minimum Gasteiger partial charge on any atom is -0.385 e. The van der Waals surface area contributed by atoms with Crippen LogP contribution in [-0.4, -0.2) is 56.2 Å². The van der Waals surface area contributed by atoms with E-state index in [2.05, 4.69) is 16.7 Å². The van der Waals surface area contributed by atoms with Crippen LogP contribution in [0.4, 0.5) is 4.79 Å². The van der Waals surface area contributed by atoms with Crippen LogP contribution < -0.4 is 10.6 Å². The molecule has 1 aliphatic heterocycles. The van der Waals surface area contributed by atoms with Crippen LogP contribution in [0.15, 0.2) is 24.3 Å². The molecule has 0 radical (unpaired) electrons. The maximum absolute atomic E-state index is 12.3. The van der Waals surface area contributed by atoms with Crippen LogP contribution in [0, 0.1) is 0 Å². The lowest BCUT2D eigenvalue weighted by atomic mass is 9.89. The van der Waals surface area contributed by atoms with Gasteiger partial charge >= 0.3 is 6.03 Å². The Bertz CT molecular complexity index is 604. The van der Waals surface area contributed by atoms with Crippen molar-refractivity contribution >= 4 is 11.9 Å². The molecule has 0 unspecified atom stereocenters. The lowest BCUT2D eigenvalue weighted by Crippen LogP contribution is -2.47. The number of nitrogens with one attached hydrogen (secondary N) is 2. The molecule has 1 aromatic rings. The van der Waals surface area contributed by atoms with E-state index < -0.39 is 0 Å². The van der Waals surface area contributed by atoms with Gasteiger partial charge in [-0.25, -0.2) is 4.79 Å². The number of hydrogen-bond donors (Lipinski definition) is 2. The first-order chi connectivity index (χ1) is 12.5. The zero-order valence-electron chi connectivity index (χ0n) is 16.1. The molecular weight excluding hydrogens is 330 g/mol. The molecule has 1 saturated heterocycles. The number of carbonyl (C=O) groups is 2. The van der Waals surface area contributed by atoms with E-state index in [1.807, 2.05) is 36.9 Å². The Labute approximate surface area is 156 Å². The van der Waals surface area contributed by atoms with E-state index in [-0.39, 0.29) is 23.9 Å². The number of ether oxygens (including phenoxy) is 1.